The fourth-order valence-corrected chi connectivity index (χ4v) is 4.75. The first kappa shape index (κ1) is 21.3. The fraction of sp³-hybridized carbons (Fsp3) is 0.250. The zero-order chi connectivity index (χ0) is 22.5. The number of piperazine rings is 1. The number of benzene rings is 3. The number of amides is 1. The number of ether oxygens (including phenoxy) is 1. The molecule has 0 saturated carbocycles. The summed E-state index contributed by atoms with van der Waals surface area (Å²) in [5, 5.41) is 7.74. The van der Waals surface area contributed by atoms with Gasteiger partial charge < -0.3 is 20.4 Å². The zero-order valence-electron chi connectivity index (χ0n) is 18.6. The molecule has 0 aliphatic carbocycles. The van der Waals surface area contributed by atoms with Gasteiger partial charge in [-0.3, -0.25) is 4.79 Å². The number of hydrogen-bond donors (Lipinski definition) is 3. The Bertz CT molecular complexity index is 1220. The SMILES string of the molecule is O=C1NCCN[C@@H]1C(CCc1c[nH]c2ccccc12)c1ccccc1OCc1ccccc1. The lowest BCUT2D eigenvalue weighted by atomic mass is 9.84. The number of aromatic amines is 1. The van der Waals surface area contributed by atoms with Crippen LogP contribution >= 0.6 is 0 Å². The molecule has 5 heteroatoms. The van der Waals surface area contributed by atoms with Crippen LogP contribution in [0.4, 0.5) is 0 Å². The average Bonchev–Trinajstić information content (AvgIpc) is 3.28. The van der Waals surface area contributed by atoms with Crippen LogP contribution in [0.25, 0.3) is 10.9 Å². The highest BCUT2D eigenvalue weighted by atomic mass is 16.5. The third-order valence-corrected chi connectivity index (χ3v) is 6.43. The van der Waals surface area contributed by atoms with Crippen molar-refractivity contribution in [3.05, 3.63) is 102 Å². The maximum Gasteiger partial charge on any atom is 0.237 e. The largest absolute Gasteiger partial charge is 0.489 e. The van der Waals surface area contributed by atoms with Crippen LogP contribution < -0.4 is 15.4 Å². The molecule has 1 aliphatic rings. The Morgan fingerprint density at radius 2 is 1.70 bits per heavy atom. The molecule has 33 heavy (non-hydrogen) atoms. The molecule has 5 rings (SSSR count). The van der Waals surface area contributed by atoms with Gasteiger partial charge in [0.1, 0.15) is 12.4 Å². The molecule has 5 nitrogen and oxygen atoms in total. The molecule has 1 fully saturated rings. The van der Waals surface area contributed by atoms with Gasteiger partial charge in [-0.2, -0.15) is 0 Å². The number of aromatic nitrogens is 1. The topological polar surface area (TPSA) is 66.2 Å². The van der Waals surface area contributed by atoms with Crippen LogP contribution in [0.1, 0.15) is 29.0 Å². The molecule has 168 valence electrons. The van der Waals surface area contributed by atoms with E-state index in [1.807, 2.05) is 42.5 Å². The van der Waals surface area contributed by atoms with E-state index in [9.17, 15) is 4.79 Å². The van der Waals surface area contributed by atoms with Gasteiger partial charge in [0.15, 0.2) is 0 Å². The van der Waals surface area contributed by atoms with Crippen molar-refractivity contribution in [3.63, 3.8) is 0 Å². The molecule has 1 saturated heterocycles. The Hall–Kier alpha value is -3.57. The van der Waals surface area contributed by atoms with Gasteiger partial charge in [-0.1, -0.05) is 66.7 Å². The second-order valence-corrected chi connectivity index (χ2v) is 8.54. The Morgan fingerprint density at radius 3 is 2.58 bits per heavy atom. The van der Waals surface area contributed by atoms with E-state index < -0.39 is 0 Å². The third kappa shape index (κ3) is 4.78. The Labute approximate surface area is 194 Å². The summed E-state index contributed by atoms with van der Waals surface area (Å²) >= 11 is 0. The monoisotopic (exact) mass is 439 g/mol. The number of fused-ring (bicyclic) bond motifs is 1. The smallest absolute Gasteiger partial charge is 0.237 e. The minimum Gasteiger partial charge on any atom is -0.489 e. The quantitative estimate of drug-likeness (QED) is 0.377. The van der Waals surface area contributed by atoms with E-state index in [0.717, 1.165) is 41.8 Å². The number of para-hydroxylation sites is 2. The number of carbonyl (C=O) groups excluding carboxylic acids is 1. The number of aryl methyl sites for hydroxylation is 1. The maximum absolute atomic E-state index is 12.9. The lowest BCUT2D eigenvalue weighted by Gasteiger charge is -2.32. The summed E-state index contributed by atoms with van der Waals surface area (Å²) in [6, 6.07) is 26.4. The van der Waals surface area contributed by atoms with Crippen molar-refractivity contribution in [1.82, 2.24) is 15.6 Å². The van der Waals surface area contributed by atoms with Crippen molar-refractivity contribution in [1.29, 1.82) is 0 Å². The summed E-state index contributed by atoms with van der Waals surface area (Å²) in [6.45, 7) is 1.93. The lowest BCUT2D eigenvalue weighted by molar-refractivity contribution is -0.124. The van der Waals surface area contributed by atoms with Gasteiger partial charge >= 0.3 is 0 Å². The molecule has 3 N–H and O–H groups in total. The summed E-state index contributed by atoms with van der Waals surface area (Å²) in [7, 11) is 0. The van der Waals surface area contributed by atoms with Crippen LogP contribution in [0.3, 0.4) is 0 Å². The first-order chi connectivity index (χ1) is 16.3. The van der Waals surface area contributed by atoms with Gasteiger partial charge in [0.05, 0.1) is 6.04 Å². The molecule has 2 heterocycles. The Kier molecular flexibility index (Phi) is 6.40. The predicted octanol–water partition coefficient (Wildman–Crippen LogP) is 4.55. The fourth-order valence-electron chi connectivity index (χ4n) is 4.75. The molecule has 3 aromatic carbocycles. The van der Waals surface area contributed by atoms with Crippen molar-refractivity contribution in [2.24, 2.45) is 0 Å². The average molecular weight is 440 g/mol. The van der Waals surface area contributed by atoms with Crippen LogP contribution in [0, 0.1) is 0 Å². The van der Waals surface area contributed by atoms with Crippen molar-refractivity contribution < 1.29 is 9.53 Å². The number of rotatable bonds is 8. The van der Waals surface area contributed by atoms with E-state index in [1.54, 1.807) is 0 Å². The van der Waals surface area contributed by atoms with Gasteiger partial charge in [-0.25, -0.2) is 0 Å². The number of hydrogen-bond acceptors (Lipinski definition) is 3. The van der Waals surface area contributed by atoms with Crippen LogP contribution in [-0.4, -0.2) is 30.0 Å². The maximum atomic E-state index is 12.9. The van der Waals surface area contributed by atoms with Crippen LogP contribution in [0.5, 0.6) is 5.75 Å². The molecular weight excluding hydrogens is 410 g/mol. The van der Waals surface area contributed by atoms with E-state index >= 15 is 0 Å². The normalized spacial score (nSPS) is 17.0. The number of H-pyrrole nitrogens is 1. The third-order valence-electron chi connectivity index (χ3n) is 6.43. The van der Waals surface area contributed by atoms with Crippen molar-refractivity contribution in [2.45, 2.75) is 31.4 Å². The molecule has 4 aromatic rings. The van der Waals surface area contributed by atoms with Crippen molar-refractivity contribution in [2.75, 3.05) is 13.1 Å². The highest BCUT2D eigenvalue weighted by Crippen LogP contribution is 2.34. The van der Waals surface area contributed by atoms with Crippen molar-refractivity contribution >= 4 is 16.8 Å². The molecule has 0 spiro atoms. The molecular formula is C28H29N3O2. The molecule has 0 radical (unpaired) electrons. The molecule has 2 atom stereocenters. The van der Waals surface area contributed by atoms with Gasteiger partial charge in [0, 0.05) is 36.1 Å². The second-order valence-electron chi connectivity index (χ2n) is 8.54. The zero-order valence-corrected chi connectivity index (χ0v) is 18.6. The first-order valence-electron chi connectivity index (χ1n) is 11.6. The van der Waals surface area contributed by atoms with Crippen LogP contribution in [-0.2, 0) is 17.8 Å². The minimum atomic E-state index is -0.287. The van der Waals surface area contributed by atoms with E-state index in [4.69, 9.17) is 4.74 Å². The van der Waals surface area contributed by atoms with Gasteiger partial charge in [0.25, 0.3) is 0 Å². The first-order valence-corrected chi connectivity index (χ1v) is 11.6. The van der Waals surface area contributed by atoms with Gasteiger partial charge in [-0.15, -0.1) is 0 Å². The Morgan fingerprint density at radius 1 is 0.909 bits per heavy atom. The summed E-state index contributed by atoms with van der Waals surface area (Å²) in [4.78, 5) is 16.2. The van der Waals surface area contributed by atoms with Gasteiger partial charge in [0.2, 0.25) is 5.91 Å². The van der Waals surface area contributed by atoms with Crippen LogP contribution in [0.2, 0.25) is 0 Å². The molecule has 1 aromatic heterocycles. The molecule has 1 aliphatic heterocycles. The molecule has 1 unspecified atom stereocenters. The number of carbonyl (C=O) groups is 1. The second kappa shape index (κ2) is 9.92. The lowest BCUT2D eigenvalue weighted by Crippen LogP contribution is -2.55. The summed E-state index contributed by atoms with van der Waals surface area (Å²) < 4.78 is 6.27. The van der Waals surface area contributed by atoms with Gasteiger partial charge in [-0.05, 0) is 41.7 Å². The molecule has 1 amide bonds. The Balaban J connectivity index is 1.42. The van der Waals surface area contributed by atoms with E-state index in [1.165, 1.54) is 10.9 Å². The summed E-state index contributed by atoms with van der Waals surface area (Å²) in [6.07, 6.45) is 3.79. The van der Waals surface area contributed by atoms with E-state index in [-0.39, 0.29) is 17.9 Å². The minimum absolute atomic E-state index is 0.00839. The molecule has 0 bridgehead atoms. The van der Waals surface area contributed by atoms with Crippen LogP contribution in [0.15, 0.2) is 85.1 Å². The summed E-state index contributed by atoms with van der Waals surface area (Å²) in [5.74, 6) is 0.888. The van der Waals surface area contributed by atoms with E-state index in [0.29, 0.717) is 13.2 Å². The van der Waals surface area contributed by atoms with E-state index in [2.05, 4.69) is 58.2 Å². The van der Waals surface area contributed by atoms with Crippen molar-refractivity contribution in [3.8, 4) is 5.75 Å². The highest BCUT2D eigenvalue weighted by molar-refractivity contribution is 5.84. The standard InChI is InChI=1S/C28H29N3O2/c32-28-27(29-16-17-30-28)24(15-14-21-18-31-25-12-6-4-10-22(21)25)23-11-5-7-13-26(23)33-19-20-8-2-1-3-9-20/h1-13,18,24,27,29,31H,14-17,19H2,(H,30,32)/t24?,27-/m1/s1. The highest BCUT2D eigenvalue weighted by Gasteiger charge is 2.33. The predicted molar refractivity (Wildman–Crippen MR) is 131 cm³/mol. The summed E-state index contributed by atoms with van der Waals surface area (Å²) in [5.41, 5.74) is 4.61. The number of nitrogens with one attached hydrogen (secondary N) is 3.